The van der Waals surface area contributed by atoms with Crippen LogP contribution in [-0.4, -0.2) is 33.9 Å². The summed E-state index contributed by atoms with van der Waals surface area (Å²) in [4.78, 5) is 10.4. The molecule has 0 aromatic carbocycles. The maximum absolute atomic E-state index is 10.4. The van der Waals surface area contributed by atoms with E-state index in [0.717, 1.165) is 25.7 Å². The van der Waals surface area contributed by atoms with Gasteiger partial charge in [0.2, 0.25) is 0 Å². The minimum absolute atomic E-state index is 0.0117. The Labute approximate surface area is 108 Å². The molecule has 0 aliphatic heterocycles. The molecule has 0 radical (unpaired) electrons. The SMILES string of the molecule is CCCCC(CC)COC(=S)C(O)CC(=O)O. The van der Waals surface area contributed by atoms with Crippen molar-refractivity contribution in [1.29, 1.82) is 0 Å². The zero-order valence-electron chi connectivity index (χ0n) is 10.5. The standard InChI is InChI=1S/C12H22O4S/c1-3-5-6-9(4-2)8-16-12(17)10(13)7-11(14)15/h9-10,13H,3-8H2,1-2H3,(H,14,15). The molecule has 0 spiro atoms. The normalized spacial score (nSPS) is 14.1. The van der Waals surface area contributed by atoms with Gasteiger partial charge in [0.1, 0.15) is 6.10 Å². The third-order valence-corrected chi connectivity index (χ3v) is 3.03. The molecule has 0 aliphatic rings. The number of carbonyl (C=O) groups is 1. The third-order valence-electron chi connectivity index (χ3n) is 2.64. The van der Waals surface area contributed by atoms with Crippen molar-refractivity contribution >= 4 is 23.2 Å². The first kappa shape index (κ1) is 16.3. The van der Waals surface area contributed by atoms with Crippen LogP contribution in [0.25, 0.3) is 0 Å². The molecule has 0 rings (SSSR count). The summed E-state index contributed by atoms with van der Waals surface area (Å²) in [5.41, 5.74) is 0. The van der Waals surface area contributed by atoms with Crippen molar-refractivity contribution in [1.82, 2.24) is 0 Å². The first-order valence-electron chi connectivity index (χ1n) is 6.07. The van der Waals surface area contributed by atoms with Gasteiger partial charge >= 0.3 is 5.97 Å². The quantitative estimate of drug-likeness (QED) is 0.624. The van der Waals surface area contributed by atoms with Gasteiger partial charge < -0.3 is 14.9 Å². The number of carboxylic acids is 1. The number of thiocarbonyl (C=S) groups is 1. The van der Waals surface area contributed by atoms with Crippen LogP contribution in [0.4, 0.5) is 0 Å². The zero-order chi connectivity index (χ0) is 13.3. The fourth-order valence-electron chi connectivity index (χ4n) is 1.44. The molecule has 17 heavy (non-hydrogen) atoms. The minimum atomic E-state index is -1.19. The van der Waals surface area contributed by atoms with Gasteiger partial charge in [0.05, 0.1) is 13.0 Å². The number of carboxylic acid groups (broad SMARTS) is 1. The van der Waals surface area contributed by atoms with Crippen molar-refractivity contribution in [3.8, 4) is 0 Å². The van der Waals surface area contributed by atoms with Crippen LogP contribution < -0.4 is 0 Å². The zero-order valence-corrected chi connectivity index (χ0v) is 11.3. The van der Waals surface area contributed by atoms with E-state index in [1.165, 1.54) is 0 Å². The Balaban J connectivity index is 3.90. The summed E-state index contributed by atoms with van der Waals surface area (Å²) in [6, 6.07) is 0. The molecule has 100 valence electrons. The van der Waals surface area contributed by atoms with Crippen molar-refractivity contribution in [2.75, 3.05) is 6.61 Å². The predicted octanol–water partition coefficient (Wildman–Crippen LogP) is 2.38. The van der Waals surface area contributed by atoms with Gasteiger partial charge in [-0.3, -0.25) is 4.79 Å². The summed E-state index contributed by atoms with van der Waals surface area (Å²) in [5, 5.41) is 17.9. The van der Waals surface area contributed by atoms with E-state index in [1.54, 1.807) is 0 Å². The van der Waals surface area contributed by atoms with Crippen LogP contribution in [0.3, 0.4) is 0 Å². The number of aliphatic carboxylic acids is 1. The molecule has 0 saturated carbocycles. The minimum Gasteiger partial charge on any atom is -0.484 e. The number of aliphatic hydroxyl groups excluding tert-OH is 1. The van der Waals surface area contributed by atoms with Crippen molar-refractivity contribution in [3.05, 3.63) is 0 Å². The largest absolute Gasteiger partial charge is 0.484 e. The van der Waals surface area contributed by atoms with Crippen LogP contribution in [0.2, 0.25) is 0 Å². The lowest BCUT2D eigenvalue weighted by Crippen LogP contribution is -2.26. The maximum Gasteiger partial charge on any atom is 0.306 e. The molecule has 0 heterocycles. The smallest absolute Gasteiger partial charge is 0.306 e. The molecule has 2 atom stereocenters. The lowest BCUT2D eigenvalue weighted by atomic mass is 10.0. The lowest BCUT2D eigenvalue weighted by molar-refractivity contribution is -0.138. The van der Waals surface area contributed by atoms with Gasteiger partial charge in [0.25, 0.3) is 0 Å². The van der Waals surface area contributed by atoms with Gasteiger partial charge in [-0.05, 0) is 24.6 Å². The third kappa shape index (κ3) is 8.10. The Morgan fingerprint density at radius 2 is 2.06 bits per heavy atom. The summed E-state index contributed by atoms with van der Waals surface area (Å²) in [7, 11) is 0. The molecule has 2 N–H and O–H groups in total. The molecule has 0 bridgehead atoms. The Kier molecular flexibility index (Phi) is 8.99. The highest BCUT2D eigenvalue weighted by molar-refractivity contribution is 7.80. The fourth-order valence-corrected chi connectivity index (χ4v) is 1.59. The van der Waals surface area contributed by atoms with E-state index in [9.17, 15) is 9.90 Å². The van der Waals surface area contributed by atoms with Crippen LogP contribution >= 0.6 is 12.2 Å². The second-order valence-corrected chi connectivity index (χ2v) is 4.56. The fraction of sp³-hybridized carbons (Fsp3) is 0.833. The highest BCUT2D eigenvalue weighted by Gasteiger charge is 2.17. The molecule has 0 aromatic rings. The lowest BCUT2D eigenvalue weighted by Gasteiger charge is -2.17. The molecule has 0 aromatic heterocycles. The van der Waals surface area contributed by atoms with E-state index in [-0.39, 0.29) is 5.05 Å². The van der Waals surface area contributed by atoms with Crippen LogP contribution in [0.5, 0.6) is 0 Å². The van der Waals surface area contributed by atoms with Crippen LogP contribution in [-0.2, 0) is 9.53 Å². The first-order chi connectivity index (χ1) is 8.01. The van der Waals surface area contributed by atoms with Gasteiger partial charge in [0, 0.05) is 0 Å². The Hall–Kier alpha value is -0.680. The number of hydrogen-bond donors (Lipinski definition) is 2. The maximum atomic E-state index is 10.4. The summed E-state index contributed by atoms with van der Waals surface area (Å²) in [6.07, 6.45) is 2.77. The molecular formula is C12H22O4S. The molecular weight excluding hydrogens is 240 g/mol. The van der Waals surface area contributed by atoms with Crippen molar-refractivity contribution < 1.29 is 19.7 Å². The number of rotatable bonds is 9. The van der Waals surface area contributed by atoms with Crippen LogP contribution in [0, 0.1) is 5.92 Å². The second-order valence-electron chi connectivity index (χ2n) is 4.16. The van der Waals surface area contributed by atoms with Gasteiger partial charge in [-0.25, -0.2) is 0 Å². The Bertz CT molecular complexity index is 243. The molecule has 2 unspecified atom stereocenters. The summed E-state index contributed by atoms with van der Waals surface area (Å²) in [6.45, 7) is 4.68. The van der Waals surface area contributed by atoms with Crippen molar-refractivity contribution in [3.63, 3.8) is 0 Å². The van der Waals surface area contributed by atoms with E-state index in [2.05, 4.69) is 13.8 Å². The average Bonchev–Trinajstić information content (AvgIpc) is 2.28. The summed E-state index contributed by atoms with van der Waals surface area (Å²) < 4.78 is 5.27. The highest BCUT2D eigenvalue weighted by Crippen LogP contribution is 2.13. The second kappa shape index (κ2) is 9.36. The topological polar surface area (TPSA) is 66.8 Å². The van der Waals surface area contributed by atoms with Gasteiger partial charge in [0.15, 0.2) is 5.05 Å². The highest BCUT2D eigenvalue weighted by atomic mass is 32.1. The molecule has 4 nitrogen and oxygen atoms in total. The summed E-state index contributed by atoms with van der Waals surface area (Å²) in [5.74, 6) is -0.661. The molecule has 5 heteroatoms. The van der Waals surface area contributed by atoms with Gasteiger partial charge in [-0.1, -0.05) is 33.1 Å². The molecule has 0 saturated heterocycles. The summed E-state index contributed by atoms with van der Waals surface area (Å²) >= 11 is 4.84. The Morgan fingerprint density at radius 3 is 2.53 bits per heavy atom. The van der Waals surface area contributed by atoms with Crippen molar-refractivity contribution in [2.24, 2.45) is 5.92 Å². The first-order valence-corrected chi connectivity index (χ1v) is 6.48. The predicted molar refractivity (Wildman–Crippen MR) is 70.1 cm³/mol. The van der Waals surface area contributed by atoms with Gasteiger partial charge in [-0.15, -0.1) is 0 Å². The van der Waals surface area contributed by atoms with Crippen molar-refractivity contribution in [2.45, 2.75) is 52.1 Å². The molecule has 0 fully saturated rings. The van der Waals surface area contributed by atoms with E-state index in [4.69, 9.17) is 22.1 Å². The molecule has 0 amide bonds. The van der Waals surface area contributed by atoms with Crippen LogP contribution in [0.1, 0.15) is 46.0 Å². The van der Waals surface area contributed by atoms with E-state index in [0.29, 0.717) is 12.5 Å². The van der Waals surface area contributed by atoms with E-state index < -0.39 is 18.5 Å². The van der Waals surface area contributed by atoms with E-state index in [1.807, 2.05) is 0 Å². The number of unbranched alkanes of at least 4 members (excludes halogenated alkanes) is 1. The number of hydrogen-bond acceptors (Lipinski definition) is 4. The van der Waals surface area contributed by atoms with E-state index >= 15 is 0 Å². The van der Waals surface area contributed by atoms with Crippen LogP contribution in [0.15, 0.2) is 0 Å². The Morgan fingerprint density at radius 1 is 1.41 bits per heavy atom. The number of aliphatic hydroxyl groups is 1. The average molecular weight is 262 g/mol. The van der Waals surface area contributed by atoms with Gasteiger partial charge in [-0.2, -0.15) is 0 Å². The molecule has 0 aliphatic carbocycles. The monoisotopic (exact) mass is 262 g/mol. The number of ether oxygens (including phenoxy) is 1.